The first kappa shape index (κ1) is 28.2. The van der Waals surface area contributed by atoms with Crippen LogP contribution in [0.25, 0.3) is 0 Å². The molecule has 2 unspecified atom stereocenters. The molecule has 182 valence electrons. The van der Waals surface area contributed by atoms with Gasteiger partial charge in [0.15, 0.2) is 0 Å². The standard InChI is InChI=1S/C27H44O5/c1-23(32-24(2)28)16-10-7-8-14-20-26(31-22-25-17-11-9-12-18-25)19-13-5-3-4-6-15-21-27(29)30/h9,11-12,17-18,23,26H,3-8,10,13-16,19-22H2,1-2H3,(H,29,30). The molecule has 5 nitrogen and oxygen atoms in total. The van der Waals surface area contributed by atoms with Gasteiger partial charge in [-0.2, -0.15) is 0 Å². The van der Waals surface area contributed by atoms with Crippen LogP contribution in [0.3, 0.4) is 0 Å². The van der Waals surface area contributed by atoms with Crippen LogP contribution in [0, 0.1) is 0 Å². The molecule has 0 amide bonds. The van der Waals surface area contributed by atoms with Crippen molar-refractivity contribution >= 4 is 11.9 Å². The van der Waals surface area contributed by atoms with Gasteiger partial charge in [-0.15, -0.1) is 0 Å². The maximum Gasteiger partial charge on any atom is 0.303 e. The Morgan fingerprint density at radius 3 is 1.91 bits per heavy atom. The molecule has 1 aromatic rings. The lowest BCUT2D eigenvalue weighted by Crippen LogP contribution is -2.13. The van der Waals surface area contributed by atoms with Crippen LogP contribution in [0.5, 0.6) is 0 Å². The number of rotatable bonds is 20. The van der Waals surface area contributed by atoms with Crippen molar-refractivity contribution in [1.29, 1.82) is 0 Å². The molecule has 1 N–H and O–H groups in total. The Bertz CT molecular complexity index is 601. The van der Waals surface area contributed by atoms with Crippen molar-refractivity contribution < 1.29 is 24.2 Å². The van der Waals surface area contributed by atoms with Crippen molar-refractivity contribution in [2.24, 2.45) is 0 Å². The molecule has 1 rings (SSSR count). The van der Waals surface area contributed by atoms with Gasteiger partial charge in [0.2, 0.25) is 0 Å². The van der Waals surface area contributed by atoms with E-state index in [0.29, 0.717) is 12.7 Å². The fourth-order valence-electron chi connectivity index (χ4n) is 3.95. The highest BCUT2D eigenvalue weighted by molar-refractivity contribution is 5.66. The van der Waals surface area contributed by atoms with Gasteiger partial charge in [0.05, 0.1) is 18.8 Å². The number of carbonyl (C=O) groups excluding carboxylic acids is 1. The fraction of sp³-hybridized carbons (Fsp3) is 0.704. The summed E-state index contributed by atoms with van der Waals surface area (Å²) in [7, 11) is 0. The van der Waals surface area contributed by atoms with E-state index in [2.05, 4.69) is 24.3 Å². The number of carbonyl (C=O) groups is 2. The number of benzene rings is 1. The molecule has 32 heavy (non-hydrogen) atoms. The smallest absolute Gasteiger partial charge is 0.303 e. The van der Waals surface area contributed by atoms with Crippen molar-refractivity contribution in [1.82, 2.24) is 0 Å². The van der Waals surface area contributed by atoms with Crippen LogP contribution >= 0.6 is 0 Å². The quantitative estimate of drug-likeness (QED) is 0.171. The molecule has 0 aliphatic carbocycles. The predicted octanol–water partition coefficient (Wildman–Crippen LogP) is 7.07. The zero-order valence-electron chi connectivity index (χ0n) is 20.2. The van der Waals surface area contributed by atoms with Crippen LogP contribution in [0.1, 0.15) is 109 Å². The first-order valence-electron chi connectivity index (χ1n) is 12.5. The molecule has 1 aromatic carbocycles. The average Bonchev–Trinajstić information content (AvgIpc) is 2.75. The summed E-state index contributed by atoms with van der Waals surface area (Å²) in [5, 5.41) is 8.69. The van der Waals surface area contributed by atoms with E-state index in [4.69, 9.17) is 14.6 Å². The Balaban J connectivity index is 2.22. The van der Waals surface area contributed by atoms with Crippen LogP contribution in [0.15, 0.2) is 30.3 Å². The molecule has 0 aromatic heterocycles. The highest BCUT2D eigenvalue weighted by Gasteiger charge is 2.10. The largest absolute Gasteiger partial charge is 0.481 e. The Morgan fingerprint density at radius 2 is 1.34 bits per heavy atom. The number of esters is 1. The Kier molecular flexibility index (Phi) is 16.4. The normalized spacial score (nSPS) is 12.9. The van der Waals surface area contributed by atoms with Gasteiger partial charge in [0.25, 0.3) is 0 Å². The van der Waals surface area contributed by atoms with Crippen LogP contribution in [-0.4, -0.2) is 29.3 Å². The molecule has 0 aliphatic heterocycles. The third kappa shape index (κ3) is 16.8. The van der Waals surface area contributed by atoms with Gasteiger partial charge in [-0.25, -0.2) is 0 Å². The van der Waals surface area contributed by atoms with Crippen LogP contribution in [0.4, 0.5) is 0 Å². The second kappa shape index (κ2) is 18.7. The summed E-state index contributed by atoms with van der Waals surface area (Å²) in [6, 6.07) is 10.3. The molecule has 0 aliphatic rings. The lowest BCUT2D eigenvalue weighted by atomic mass is 10.0. The molecule has 0 saturated carbocycles. The van der Waals surface area contributed by atoms with Gasteiger partial charge in [-0.1, -0.05) is 81.7 Å². The summed E-state index contributed by atoms with van der Waals surface area (Å²) in [5.74, 6) is -0.890. The van der Waals surface area contributed by atoms with Crippen molar-refractivity contribution in [2.75, 3.05) is 0 Å². The van der Waals surface area contributed by atoms with E-state index in [-0.39, 0.29) is 18.5 Å². The minimum atomic E-state index is -0.692. The molecule has 0 radical (unpaired) electrons. The lowest BCUT2D eigenvalue weighted by Gasteiger charge is -2.18. The summed E-state index contributed by atoms with van der Waals surface area (Å²) in [4.78, 5) is 21.5. The number of aliphatic carboxylic acids is 1. The summed E-state index contributed by atoms with van der Waals surface area (Å²) >= 11 is 0. The van der Waals surface area contributed by atoms with Gasteiger partial charge in [-0.3, -0.25) is 9.59 Å². The van der Waals surface area contributed by atoms with Crippen molar-refractivity contribution in [3.63, 3.8) is 0 Å². The number of carboxylic acid groups (broad SMARTS) is 1. The van der Waals surface area contributed by atoms with Gasteiger partial charge < -0.3 is 14.6 Å². The van der Waals surface area contributed by atoms with Gasteiger partial charge in [-0.05, 0) is 44.6 Å². The zero-order chi connectivity index (χ0) is 23.4. The molecule has 5 heteroatoms. The topological polar surface area (TPSA) is 72.8 Å². The molecular weight excluding hydrogens is 404 g/mol. The summed E-state index contributed by atoms with van der Waals surface area (Å²) in [5.41, 5.74) is 1.22. The monoisotopic (exact) mass is 448 g/mol. The van der Waals surface area contributed by atoms with Crippen LogP contribution < -0.4 is 0 Å². The Labute approximate surface area is 194 Å². The number of unbranched alkanes of at least 4 members (excludes halogenated alkanes) is 8. The van der Waals surface area contributed by atoms with E-state index in [1.807, 2.05) is 13.0 Å². The molecule has 0 fully saturated rings. The third-order valence-corrected chi connectivity index (χ3v) is 5.75. The second-order valence-electron chi connectivity index (χ2n) is 8.88. The van der Waals surface area contributed by atoms with E-state index < -0.39 is 5.97 Å². The molecular formula is C27H44O5. The van der Waals surface area contributed by atoms with Crippen LogP contribution in [0.2, 0.25) is 0 Å². The number of hydrogen-bond donors (Lipinski definition) is 1. The van der Waals surface area contributed by atoms with E-state index in [9.17, 15) is 9.59 Å². The molecule has 2 atom stereocenters. The second-order valence-corrected chi connectivity index (χ2v) is 8.88. The summed E-state index contributed by atoms with van der Waals surface area (Å²) in [6.07, 6.45) is 14.7. The number of ether oxygens (including phenoxy) is 2. The fourth-order valence-corrected chi connectivity index (χ4v) is 3.95. The highest BCUT2D eigenvalue weighted by atomic mass is 16.5. The van der Waals surface area contributed by atoms with Crippen LogP contribution in [-0.2, 0) is 25.7 Å². The van der Waals surface area contributed by atoms with E-state index >= 15 is 0 Å². The minimum Gasteiger partial charge on any atom is -0.481 e. The first-order valence-corrected chi connectivity index (χ1v) is 12.5. The third-order valence-electron chi connectivity index (χ3n) is 5.75. The Morgan fingerprint density at radius 1 is 0.812 bits per heavy atom. The van der Waals surface area contributed by atoms with E-state index in [1.165, 1.54) is 31.7 Å². The summed E-state index contributed by atoms with van der Waals surface area (Å²) in [6.45, 7) is 4.09. The molecule has 0 heterocycles. The molecule has 0 spiro atoms. The maximum atomic E-state index is 11.0. The van der Waals surface area contributed by atoms with Crippen molar-refractivity contribution in [2.45, 2.75) is 123 Å². The predicted molar refractivity (Wildman–Crippen MR) is 129 cm³/mol. The van der Waals surface area contributed by atoms with Crippen molar-refractivity contribution in [3.05, 3.63) is 35.9 Å². The summed E-state index contributed by atoms with van der Waals surface area (Å²) < 4.78 is 11.4. The van der Waals surface area contributed by atoms with Gasteiger partial charge in [0.1, 0.15) is 0 Å². The molecule has 0 bridgehead atoms. The van der Waals surface area contributed by atoms with Crippen molar-refractivity contribution in [3.8, 4) is 0 Å². The van der Waals surface area contributed by atoms with Gasteiger partial charge >= 0.3 is 11.9 Å². The van der Waals surface area contributed by atoms with Gasteiger partial charge in [0, 0.05) is 13.3 Å². The van der Waals surface area contributed by atoms with E-state index in [1.54, 1.807) is 0 Å². The van der Waals surface area contributed by atoms with E-state index in [0.717, 1.165) is 64.2 Å². The number of hydrogen-bond acceptors (Lipinski definition) is 4. The molecule has 0 saturated heterocycles. The Hall–Kier alpha value is -1.88. The highest BCUT2D eigenvalue weighted by Crippen LogP contribution is 2.18. The number of carboxylic acids is 1. The first-order chi connectivity index (χ1) is 15.5. The SMILES string of the molecule is CC(=O)OC(C)CCCCCCC(CCCCCCCCC(=O)O)OCc1ccccc1. The average molecular weight is 449 g/mol. The lowest BCUT2D eigenvalue weighted by molar-refractivity contribution is -0.145. The maximum absolute atomic E-state index is 11.0. The zero-order valence-corrected chi connectivity index (χ0v) is 20.2. The minimum absolute atomic E-state index is 0.0126.